The van der Waals surface area contributed by atoms with Crippen molar-refractivity contribution < 1.29 is 14.3 Å². The third-order valence-electron chi connectivity index (χ3n) is 5.39. The summed E-state index contributed by atoms with van der Waals surface area (Å²) in [5.41, 5.74) is 0.157. The highest BCUT2D eigenvalue weighted by molar-refractivity contribution is 9.10. The van der Waals surface area contributed by atoms with Crippen LogP contribution in [0, 0.1) is 5.92 Å². The number of thiophene rings is 1. The number of rotatable bonds is 6. The summed E-state index contributed by atoms with van der Waals surface area (Å²) in [7, 11) is 0. The molecule has 9 heteroatoms. The molecule has 7 nitrogen and oxygen atoms in total. The number of fused-ring (bicyclic) bond motifs is 1. The minimum atomic E-state index is -0.611. The van der Waals surface area contributed by atoms with Gasteiger partial charge in [-0.1, -0.05) is 28.8 Å². The maximum atomic E-state index is 13.3. The van der Waals surface area contributed by atoms with Crippen molar-refractivity contribution in [2.75, 3.05) is 11.9 Å². The highest BCUT2D eigenvalue weighted by atomic mass is 79.9. The largest absolute Gasteiger partial charge is 0.461 e. The maximum Gasteiger partial charge on any atom is 0.359 e. The first-order chi connectivity index (χ1) is 15.0. The number of amides is 1. The monoisotopic (exact) mass is 503 g/mol. The standard InChI is InChI=1S/C22H22BrN3O4S/c1-2-30-22(29)19-16-12-31-20(24-17(27)11-13-5-3-4-6-13)18(16)21(28)26(25-19)15-9-7-14(23)8-10-15/h7-10,12-13H,2-6,11H2,1H3,(H,24,27). The van der Waals surface area contributed by atoms with Crippen LogP contribution < -0.4 is 10.9 Å². The van der Waals surface area contributed by atoms with Gasteiger partial charge in [-0.3, -0.25) is 9.59 Å². The Labute approximate surface area is 191 Å². The van der Waals surface area contributed by atoms with E-state index >= 15 is 0 Å². The second kappa shape index (κ2) is 9.32. The maximum absolute atomic E-state index is 13.3. The van der Waals surface area contributed by atoms with Gasteiger partial charge in [0.15, 0.2) is 5.69 Å². The lowest BCUT2D eigenvalue weighted by Gasteiger charge is -2.11. The summed E-state index contributed by atoms with van der Waals surface area (Å²) in [5, 5.41) is 9.96. The Kier molecular flexibility index (Phi) is 6.52. The molecule has 0 atom stereocenters. The van der Waals surface area contributed by atoms with Crippen LogP contribution in [0.2, 0.25) is 0 Å². The van der Waals surface area contributed by atoms with Crippen molar-refractivity contribution >= 4 is 54.9 Å². The van der Waals surface area contributed by atoms with Crippen LogP contribution >= 0.6 is 27.3 Å². The Bertz CT molecular complexity index is 1180. The topological polar surface area (TPSA) is 90.3 Å². The number of ether oxygens (including phenoxy) is 1. The number of hydrogen-bond acceptors (Lipinski definition) is 6. The second-order valence-electron chi connectivity index (χ2n) is 7.52. The van der Waals surface area contributed by atoms with E-state index < -0.39 is 11.5 Å². The third kappa shape index (κ3) is 4.57. The fraction of sp³-hybridized carbons (Fsp3) is 0.364. The number of carbonyl (C=O) groups excluding carboxylic acids is 2. The molecule has 2 heterocycles. The summed E-state index contributed by atoms with van der Waals surface area (Å²) >= 11 is 4.59. The molecule has 1 aromatic carbocycles. The van der Waals surface area contributed by atoms with E-state index in [9.17, 15) is 14.4 Å². The van der Waals surface area contributed by atoms with Crippen LogP contribution in [-0.2, 0) is 9.53 Å². The number of hydrogen-bond donors (Lipinski definition) is 1. The zero-order valence-corrected chi connectivity index (χ0v) is 19.4. The second-order valence-corrected chi connectivity index (χ2v) is 9.31. The summed E-state index contributed by atoms with van der Waals surface area (Å²) in [6, 6.07) is 7.03. The fourth-order valence-electron chi connectivity index (χ4n) is 3.90. The van der Waals surface area contributed by atoms with Crippen LogP contribution in [0.3, 0.4) is 0 Å². The first-order valence-corrected chi connectivity index (χ1v) is 11.9. The van der Waals surface area contributed by atoms with E-state index in [0.717, 1.165) is 30.2 Å². The van der Waals surface area contributed by atoms with Gasteiger partial charge in [0.2, 0.25) is 5.91 Å². The van der Waals surface area contributed by atoms with Crippen molar-refractivity contribution in [3.8, 4) is 5.69 Å². The van der Waals surface area contributed by atoms with Crippen molar-refractivity contribution in [3.05, 3.63) is 50.2 Å². The van der Waals surface area contributed by atoms with Gasteiger partial charge in [0, 0.05) is 21.7 Å². The summed E-state index contributed by atoms with van der Waals surface area (Å²) in [5.74, 6) is -0.331. The quantitative estimate of drug-likeness (QED) is 0.482. The lowest BCUT2D eigenvalue weighted by atomic mass is 10.0. The lowest BCUT2D eigenvalue weighted by Crippen LogP contribution is -2.25. The average Bonchev–Trinajstić information content (AvgIpc) is 3.40. The minimum absolute atomic E-state index is 0.0481. The highest BCUT2D eigenvalue weighted by Gasteiger charge is 2.24. The molecular weight excluding hydrogens is 482 g/mol. The Morgan fingerprint density at radius 3 is 2.65 bits per heavy atom. The summed E-state index contributed by atoms with van der Waals surface area (Å²) in [4.78, 5) is 38.5. The van der Waals surface area contributed by atoms with Gasteiger partial charge in [-0.05, 0) is 49.9 Å². The fourth-order valence-corrected chi connectivity index (χ4v) is 5.12. The van der Waals surface area contributed by atoms with E-state index in [1.807, 2.05) is 0 Å². The van der Waals surface area contributed by atoms with Gasteiger partial charge in [0.05, 0.1) is 17.7 Å². The predicted molar refractivity (Wildman–Crippen MR) is 124 cm³/mol. The molecule has 1 saturated carbocycles. The van der Waals surface area contributed by atoms with Crippen molar-refractivity contribution in [3.63, 3.8) is 0 Å². The SMILES string of the molecule is CCOC(=O)c1nn(-c2ccc(Br)cc2)c(=O)c2c(NC(=O)CC3CCCC3)scc12. The lowest BCUT2D eigenvalue weighted by molar-refractivity contribution is -0.117. The molecule has 0 radical (unpaired) electrons. The molecule has 0 spiro atoms. The molecule has 0 bridgehead atoms. The molecule has 1 amide bonds. The van der Waals surface area contributed by atoms with Gasteiger partial charge < -0.3 is 10.1 Å². The van der Waals surface area contributed by atoms with Crippen LogP contribution in [0.15, 0.2) is 38.9 Å². The number of esters is 1. The summed E-state index contributed by atoms with van der Waals surface area (Å²) < 4.78 is 7.19. The van der Waals surface area contributed by atoms with E-state index in [1.54, 1.807) is 36.6 Å². The van der Waals surface area contributed by atoms with Gasteiger partial charge in [-0.2, -0.15) is 9.78 Å². The normalized spacial score (nSPS) is 14.1. The van der Waals surface area contributed by atoms with Gasteiger partial charge in [-0.15, -0.1) is 11.3 Å². The van der Waals surface area contributed by atoms with Crippen LogP contribution in [-0.4, -0.2) is 28.3 Å². The Morgan fingerprint density at radius 2 is 1.97 bits per heavy atom. The summed E-state index contributed by atoms with van der Waals surface area (Å²) in [6.07, 6.45) is 4.88. The molecule has 3 aromatic rings. The molecule has 1 fully saturated rings. The molecule has 31 heavy (non-hydrogen) atoms. The molecule has 1 N–H and O–H groups in total. The Balaban J connectivity index is 1.79. The van der Waals surface area contributed by atoms with E-state index in [1.165, 1.54) is 16.0 Å². The first-order valence-electron chi connectivity index (χ1n) is 10.3. The van der Waals surface area contributed by atoms with Crippen LogP contribution in [0.4, 0.5) is 5.00 Å². The number of aromatic nitrogens is 2. The van der Waals surface area contributed by atoms with E-state index in [2.05, 4.69) is 26.3 Å². The van der Waals surface area contributed by atoms with Crippen molar-refractivity contribution in [2.45, 2.75) is 39.0 Å². The molecule has 0 aliphatic heterocycles. The average molecular weight is 504 g/mol. The molecule has 1 aliphatic rings. The highest BCUT2D eigenvalue weighted by Crippen LogP contribution is 2.32. The Morgan fingerprint density at radius 1 is 1.26 bits per heavy atom. The number of benzene rings is 1. The molecular formula is C22H22BrN3O4S. The Hall–Kier alpha value is -2.52. The van der Waals surface area contributed by atoms with Crippen LogP contribution in [0.25, 0.3) is 16.5 Å². The smallest absolute Gasteiger partial charge is 0.359 e. The zero-order valence-electron chi connectivity index (χ0n) is 17.0. The molecule has 0 unspecified atom stereocenters. The molecule has 1 aliphatic carbocycles. The zero-order chi connectivity index (χ0) is 22.0. The van der Waals surface area contributed by atoms with E-state index in [0.29, 0.717) is 28.4 Å². The van der Waals surface area contributed by atoms with Gasteiger partial charge in [0.25, 0.3) is 5.56 Å². The van der Waals surface area contributed by atoms with Gasteiger partial charge in [0.1, 0.15) is 5.00 Å². The van der Waals surface area contributed by atoms with Crippen LogP contribution in [0.1, 0.15) is 49.5 Å². The number of carbonyl (C=O) groups is 2. The number of halogens is 1. The third-order valence-corrected chi connectivity index (χ3v) is 6.82. The number of nitrogens with one attached hydrogen (secondary N) is 1. The molecule has 0 saturated heterocycles. The molecule has 2 aromatic heterocycles. The van der Waals surface area contributed by atoms with Gasteiger partial charge in [-0.25, -0.2) is 4.79 Å². The number of nitrogens with zero attached hydrogens (tertiary/aromatic N) is 2. The van der Waals surface area contributed by atoms with Crippen molar-refractivity contribution in [2.24, 2.45) is 5.92 Å². The predicted octanol–water partition coefficient (Wildman–Crippen LogP) is 4.91. The molecule has 162 valence electrons. The first kappa shape index (κ1) is 21.7. The minimum Gasteiger partial charge on any atom is -0.461 e. The van der Waals surface area contributed by atoms with Crippen LogP contribution in [0.5, 0.6) is 0 Å². The van der Waals surface area contributed by atoms with Crippen molar-refractivity contribution in [1.29, 1.82) is 0 Å². The van der Waals surface area contributed by atoms with E-state index in [4.69, 9.17) is 4.74 Å². The van der Waals surface area contributed by atoms with Crippen molar-refractivity contribution in [1.82, 2.24) is 9.78 Å². The van der Waals surface area contributed by atoms with E-state index in [-0.39, 0.29) is 23.6 Å². The van der Waals surface area contributed by atoms with Gasteiger partial charge >= 0.3 is 5.97 Å². The molecule has 4 rings (SSSR count). The summed E-state index contributed by atoms with van der Waals surface area (Å²) in [6.45, 7) is 1.90. The number of anilines is 1.